The molecule has 1 amide bonds. The van der Waals surface area contributed by atoms with Crippen LogP contribution in [0.4, 0.5) is 5.69 Å². The number of fused-ring (bicyclic) bond motifs is 1. The summed E-state index contributed by atoms with van der Waals surface area (Å²) in [7, 11) is -2.54. The van der Waals surface area contributed by atoms with E-state index in [1.165, 1.54) is 18.2 Å². The average Bonchev–Trinajstić information content (AvgIpc) is 3.30. The number of ether oxygens (including phenoxy) is 1. The molecule has 1 N–H and O–H groups in total. The maximum absolute atomic E-state index is 13.6. The van der Waals surface area contributed by atoms with E-state index in [4.69, 9.17) is 4.74 Å². The predicted octanol–water partition coefficient (Wildman–Crippen LogP) is 4.57. The normalized spacial score (nSPS) is 13.7. The van der Waals surface area contributed by atoms with Gasteiger partial charge in [-0.2, -0.15) is 0 Å². The second-order valence-corrected chi connectivity index (χ2v) is 10.5. The lowest BCUT2D eigenvalue weighted by molar-refractivity contribution is -0.120. The number of hydrogen-bond acceptors (Lipinski definition) is 4. The van der Waals surface area contributed by atoms with Crippen molar-refractivity contribution < 1.29 is 17.9 Å². The zero-order valence-corrected chi connectivity index (χ0v) is 20.6. The summed E-state index contributed by atoms with van der Waals surface area (Å²) in [5, 5.41) is 2.97. The minimum absolute atomic E-state index is 0.114. The first kappa shape index (κ1) is 23.8. The van der Waals surface area contributed by atoms with Crippen LogP contribution in [0.5, 0.6) is 5.75 Å². The number of benzene rings is 3. The molecule has 4 rings (SSSR count). The highest BCUT2D eigenvalue weighted by molar-refractivity contribution is 7.92. The Bertz CT molecular complexity index is 1290. The molecule has 1 atom stereocenters. The van der Waals surface area contributed by atoms with Crippen molar-refractivity contribution in [2.24, 2.45) is 0 Å². The van der Waals surface area contributed by atoms with E-state index in [9.17, 15) is 13.2 Å². The summed E-state index contributed by atoms with van der Waals surface area (Å²) in [5.41, 5.74) is 4.97. The summed E-state index contributed by atoms with van der Waals surface area (Å²) in [6, 6.07) is 19.5. The van der Waals surface area contributed by atoms with Gasteiger partial charge in [-0.1, -0.05) is 48.0 Å². The third-order valence-electron chi connectivity index (χ3n) is 6.25. The quantitative estimate of drug-likeness (QED) is 0.515. The van der Waals surface area contributed by atoms with Gasteiger partial charge in [-0.3, -0.25) is 9.10 Å². The molecule has 178 valence electrons. The van der Waals surface area contributed by atoms with Gasteiger partial charge < -0.3 is 10.1 Å². The highest BCUT2D eigenvalue weighted by Crippen LogP contribution is 2.32. The molecule has 0 aliphatic heterocycles. The number of hydrogen-bond donors (Lipinski definition) is 1. The first-order valence-corrected chi connectivity index (χ1v) is 12.9. The predicted molar refractivity (Wildman–Crippen MR) is 134 cm³/mol. The Labute approximate surface area is 201 Å². The first-order chi connectivity index (χ1) is 16.3. The number of sulfonamides is 1. The molecule has 3 aromatic carbocycles. The monoisotopic (exact) mass is 478 g/mol. The Morgan fingerprint density at radius 3 is 2.47 bits per heavy atom. The van der Waals surface area contributed by atoms with Gasteiger partial charge in [0.25, 0.3) is 10.0 Å². The lowest BCUT2D eigenvalue weighted by atomic mass is 10.0. The summed E-state index contributed by atoms with van der Waals surface area (Å²) in [5.74, 6) is -0.0211. The van der Waals surface area contributed by atoms with Crippen molar-refractivity contribution in [3.8, 4) is 5.75 Å². The van der Waals surface area contributed by atoms with Crippen LogP contribution < -0.4 is 14.4 Å². The van der Waals surface area contributed by atoms with Crippen LogP contribution in [0.25, 0.3) is 0 Å². The van der Waals surface area contributed by atoms with E-state index in [1.807, 2.05) is 19.9 Å². The van der Waals surface area contributed by atoms with Crippen molar-refractivity contribution in [1.82, 2.24) is 5.32 Å². The zero-order chi connectivity index (χ0) is 24.3. The van der Waals surface area contributed by atoms with Gasteiger partial charge >= 0.3 is 0 Å². The lowest BCUT2D eigenvalue weighted by Crippen LogP contribution is -2.41. The third-order valence-corrected chi connectivity index (χ3v) is 8.02. The number of nitrogens with zero attached hydrogens (tertiary/aromatic N) is 1. The van der Waals surface area contributed by atoms with Gasteiger partial charge in [0.15, 0.2) is 0 Å². The molecule has 0 unspecified atom stereocenters. The topological polar surface area (TPSA) is 75.7 Å². The number of amides is 1. The largest absolute Gasteiger partial charge is 0.495 e. The molecule has 0 spiro atoms. The Kier molecular flexibility index (Phi) is 6.93. The number of aryl methyl sites for hydroxylation is 3. The van der Waals surface area contributed by atoms with E-state index in [1.54, 1.807) is 48.5 Å². The third kappa shape index (κ3) is 4.94. The van der Waals surface area contributed by atoms with Crippen molar-refractivity contribution in [3.63, 3.8) is 0 Å². The van der Waals surface area contributed by atoms with Crippen LogP contribution in [0.15, 0.2) is 71.6 Å². The SMILES string of the molecule is COc1ccccc1N(CC(=O)N[C@H](C)c1ccc2c(c1)CCC2)S(=O)(=O)c1ccc(C)cc1. The number of methoxy groups -OCH3 is 1. The van der Waals surface area contributed by atoms with Gasteiger partial charge in [0.1, 0.15) is 12.3 Å². The minimum atomic E-state index is -4.01. The van der Waals surface area contributed by atoms with Gasteiger partial charge in [-0.05, 0) is 74.1 Å². The summed E-state index contributed by atoms with van der Waals surface area (Å²) in [6.07, 6.45) is 3.31. The van der Waals surface area contributed by atoms with E-state index in [-0.39, 0.29) is 17.5 Å². The molecule has 0 radical (unpaired) electrons. The number of para-hydroxylation sites is 2. The Balaban J connectivity index is 1.61. The standard InChI is InChI=1S/C27H30N2O4S/c1-19-11-15-24(16-12-19)34(31,32)29(25-9-4-5-10-26(25)33-3)18-27(30)28-20(2)22-14-13-21-7-6-8-23(21)17-22/h4-5,9-17,20H,6-8,18H2,1-3H3,(H,28,30)/t20-/m1/s1. The Hall–Kier alpha value is -3.32. The van der Waals surface area contributed by atoms with Gasteiger partial charge in [0.05, 0.1) is 23.7 Å². The van der Waals surface area contributed by atoms with E-state index < -0.39 is 15.9 Å². The minimum Gasteiger partial charge on any atom is -0.495 e. The number of rotatable bonds is 8. The number of anilines is 1. The molecule has 0 saturated carbocycles. The molecule has 0 aromatic heterocycles. The van der Waals surface area contributed by atoms with Crippen molar-refractivity contribution >= 4 is 21.6 Å². The molecule has 0 bridgehead atoms. The zero-order valence-electron chi connectivity index (χ0n) is 19.7. The number of carbonyl (C=O) groups excluding carboxylic acids is 1. The van der Waals surface area contributed by atoms with Crippen LogP contribution in [0.3, 0.4) is 0 Å². The van der Waals surface area contributed by atoms with E-state index in [2.05, 4.69) is 17.4 Å². The van der Waals surface area contributed by atoms with Gasteiger partial charge in [0, 0.05) is 0 Å². The first-order valence-electron chi connectivity index (χ1n) is 11.4. The van der Waals surface area contributed by atoms with Crippen molar-refractivity contribution in [1.29, 1.82) is 0 Å². The van der Waals surface area contributed by atoms with Crippen molar-refractivity contribution in [2.45, 2.75) is 44.0 Å². The van der Waals surface area contributed by atoms with Crippen LogP contribution in [-0.4, -0.2) is 28.0 Å². The molecule has 3 aromatic rings. The Morgan fingerprint density at radius 1 is 1.03 bits per heavy atom. The lowest BCUT2D eigenvalue weighted by Gasteiger charge is -2.26. The van der Waals surface area contributed by atoms with E-state index in [0.29, 0.717) is 11.4 Å². The van der Waals surface area contributed by atoms with Crippen LogP contribution >= 0.6 is 0 Å². The average molecular weight is 479 g/mol. The molecule has 34 heavy (non-hydrogen) atoms. The molecule has 0 fully saturated rings. The fourth-order valence-electron chi connectivity index (χ4n) is 4.33. The summed E-state index contributed by atoms with van der Waals surface area (Å²) in [6.45, 7) is 3.44. The molecular weight excluding hydrogens is 448 g/mol. The molecule has 0 saturated heterocycles. The van der Waals surface area contributed by atoms with Crippen LogP contribution in [-0.2, 0) is 27.7 Å². The second kappa shape index (κ2) is 9.89. The molecule has 0 heterocycles. The Morgan fingerprint density at radius 2 is 1.74 bits per heavy atom. The fraction of sp³-hybridized carbons (Fsp3) is 0.296. The fourth-order valence-corrected chi connectivity index (χ4v) is 5.77. The van der Waals surface area contributed by atoms with Gasteiger partial charge in [-0.25, -0.2) is 8.42 Å². The molecule has 1 aliphatic rings. The van der Waals surface area contributed by atoms with Crippen LogP contribution in [0.2, 0.25) is 0 Å². The molecule has 7 heteroatoms. The number of nitrogens with one attached hydrogen (secondary N) is 1. The van der Waals surface area contributed by atoms with Gasteiger partial charge in [-0.15, -0.1) is 0 Å². The highest BCUT2D eigenvalue weighted by Gasteiger charge is 2.29. The van der Waals surface area contributed by atoms with Crippen LogP contribution in [0.1, 0.15) is 41.6 Å². The van der Waals surface area contributed by atoms with Gasteiger partial charge in [0.2, 0.25) is 5.91 Å². The molecule has 6 nitrogen and oxygen atoms in total. The summed E-state index contributed by atoms with van der Waals surface area (Å²) >= 11 is 0. The summed E-state index contributed by atoms with van der Waals surface area (Å²) in [4.78, 5) is 13.2. The van der Waals surface area contributed by atoms with Crippen LogP contribution in [0, 0.1) is 6.92 Å². The smallest absolute Gasteiger partial charge is 0.264 e. The highest BCUT2D eigenvalue weighted by atomic mass is 32.2. The maximum Gasteiger partial charge on any atom is 0.264 e. The van der Waals surface area contributed by atoms with Crippen molar-refractivity contribution in [2.75, 3.05) is 18.0 Å². The molecule has 1 aliphatic carbocycles. The second-order valence-electron chi connectivity index (χ2n) is 8.67. The molecular formula is C27H30N2O4S. The number of carbonyl (C=O) groups is 1. The van der Waals surface area contributed by atoms with E-state index in [0.717, 1.165) is 34.7 Å². The summed E-state index contributed by atoms with van der Waals surface area (Å²) < 4.78 is 33.8. The maximum atomic E-state index is 13.6. The van der Waals surface area contributed by atoms with E-state index >= 15 is 0 Å². The van der Waals surface area contributed by atoms with Crippen molar-refractivity contribution in [3.05, 3.63) is 89.0 Å².